The Labute approximate surface area is 53.3 Å². The summed E-state index contributed by atoms with van der Waals surface area (Å²) in [6.07, 6.45) is 2.49. The Balaban J connectivity index is 2.35. The molecule has 1 rings (SSSR count). The molecule has 0 amide bonds. The van der Waals surface area contributed by atoms with E-state index in [1.54, 1.807) is 0 Å². The Morgan fingerprint density at radius 1 is 1.88 bits per heavy atom. The maximum absolute atomic E-state index is 3.50. The fourth-order valence-corrected chi connectivity index (χ4v) is 1.30. The van der Waals surface area contributed by atoms with Crippen LogP contribution in [-0.2, 0) is 0 Å². The van der Waals surface area contributed by atoms with Gasteiger partial charge in [0.05, 0.1) is 0 Å². The summed E-state index contributed by atoms with van der Waals surface area (Å²) in [6, 6.07) is 0.645. The Morgan fingerprint density at radius 2 is 2.62 bits per heavy atom. The predicted molar refractivity (Wildman–Crippen MR) is 42.7 cm³/mol. The van der Waals surface area contributed by atoms with Crippen LogP contribution in [0.1, 0.15) is 6.92 Å². The molecule has 1 N–H and O–H groups in total. The van der Waals surface area contributed by atoms with Gasteiger partial charge in [0.25, 0.3) is 0 Å². The number of rotatable bonds is 1. The molecule has 0 aromatic carbocycles. The fourth-order valence-electron chi connectivity index (χ4n) is 1.05. The van der Waals surface area contributed by atoms with Crippen LogP contribution in [0, 0.1) is 0 Å². The van der Waals surface area contributed by atoms with E-state index in [0.717, 1.165) is 0 Å². The van der Waals surface area contributed by atoms with Crippen molar-refractivity contribution in [3.8, 4) is 0 Å². The summed E-state index contributed by atoms with van der Waals surface area (Å²) in [4.78, 5) is 0. The van der Waals surface area contributed by atoms with E-state index in [-0.39, 0.29) is 0 Å². The Morgan fingerprint density at radius 3 is 2.88 bits per heavy atom. The highest BCUT2D eigenvalue weighted by atomic mass is 31.0. The second-order valence-corrected chi connectivity index (χ2v) is 3.12. The highest BCUT2D eigenvalue weighted by Gasteiger charge is 2.14. The second kappa shape index (κ2) is 2.66. The van der Waals surface area contributed by atoms with Gasteiger partial charge in [-0.05, 0) is 18.7 Å². The van der Waals surface area contributed by atoms with E-state index in [4.69, 9.17) is 0 Å². The molecule has 1 nitrogen and oxygen atoms in total. The molecule has 8 heavy (non-hydrogen) atoms. The lowest BCUT2D eigenvalue weighted by Crippen LogP contribution is -2.26. The first-order valence-electron chi connectivity index (χ1n) is 3.09. The zero-order chi connectivity index (χ0) is 5.98. The second-order valence-electron chi connectivity index (χ2n) is 2.33. The van der Waals surface area contributed by atoms with Crippen molar-refractivity contribution in [1.29, 1.82) is 0 Å². The summed E-state index contributed by atoms with van der Waals surface area (Å²) in [6.45, 7) is 2.11. The molecule has 1 aliphatic rings. The maximum atomic E-state index is 3.50. The lowest BCUT2D eigenvalue weighted by molar-refractivity contribution is 0.787. The molecule has 0 aromatic rings. The van der Waals surface area contributed by atoms with Gasteiger partial charge in [-0.15, -0.1) is 8.86 Å². The minimum atomic E-state index is 0.645. The highest BCUT2D eigenvalue weighted by molar-refractivity contribution is 7.21. The molecular formula is C5H11BNP. The summed E-state index contributed by atoms with van der Waals surface area (Å²) in [5.41, 5.74) is 0. The Bertz CT molecular complexity index is 98.6. The standard InChI is InChI=1S/C5H11BNP/c1-4(8)5-2-6-3-7-5/h5-8H,2-3H2,1H3. The van der Waals surface area contributed by atoms with Crippen LogP contribution in [0.5, 0.6) is 0 Å². The van der Waals surface area contributed by atoms with Gasteiger partial charge in [0.1, 0.15) is 7.28 Å². The van der Waals surface area contributed by atoms with Gasteiger partial charge in [-0.3, -0.25) is 0 Å². The largest absolute Gasteiger partial charge is 0.318 e. The zero-order valence-corrected chi connectivity index (χ0v) is 6.20. The van der Waals surface area contributed by atoms with E-state index in [1.165, 1.54) is 25.3 Å². The molecule has 1 aliphatic heterocycles. The molecule has 1 heterocycles. The third-order valence-electron chi connectivity index (χ3n) is 1.58. The van der Waals surface area contributed by atoms with Gasteiger partial charge in [-0.1, -0.05) is 6.32 Å². The van der Waals surface area contributed by atoms with Crippen LogP contribution in [0.4, 0.5) is 0 Å². The van der Waals surface area contributed by atoms with E-state index in [2.05, 4.69) is 21.1 Å². The number of hydrogen-bond donors (Lipinski definition) is 1. The van der Waals surface area contributed by atoms with Gasteiger partial charge in [0, 0.05) is 6.04 Å². The lowest BCUT2D eigenvalue weighted by Gasteiger charge is -2.06. The average Bonchev–Trinajstić information content (AvgIpc) is 2.12. The van der Waals surface area contributed by atoms with Crippen LogP contribution >= 0.6 is 8.86 Å². The van der Waals surface area contributed by atoms with Crippen molar-refractivity contribution < 1.29 is 0 Å². The molecule has 0 aliphatic carbocycles. The molecule has 1 unspecified atom stereocenters. The third-order valence-corrected chi connectivity index (χ3v) is 1.93. The summed E-state index contributed by atoms with van der Waals surface area (Å²) in [7, 11) is 4.83. The van der Waals surface area contributed by atoms with Gasteiger partial charge < -0.3 is 5.32 Å². The van der Waals surface area contributed by atoms with Crippen LogP contribution in [0.2, 0.25) is 6.32 Å². The predicted octanol–water partition coefficient (Wildman–Crippen LogP) is 0.106. The first kappa shape index (κ1) is 6.32. The Hall–Kier alpha value is 0.195. The average molecular weight is 127 g/mol. The summed E-state index contributed by atoms with van der Waals surface area (Å²) in [5, 5.41) is 4.71. The first-order chi connectivity index (χ1) is 3.80. The topological polar surface area (TPSA) is 12.0 Å². The minimum Gasteiger partial charge on any atom is -0.318 e. The molecule has 0 bridgehead atoms. The molecular weight excluding hydrogens is 116 g/mol. The van der Waals surface area contributed by atoms with Crippen LogP contribution in [0.25, 0.3) is 0 Å². The van der Waals surface area contributed by atoms with Crippen LogP contribution < -0.4 is 5.32 Å². The zero-order valence-electron chi connectivity index (χ0n) is 5.20. The van der Waals surface area contributed by atoms with Crippen molar-refractivity contribution >= 4 is 21.4 Å². The van der Waals surface area contributed by atoms with Crippen molar-refractivity contribution in [3.63, 3.8) is 0 Å². The molecule has 0 saturated carbocycles. The van der Waals surface area contributed by atoms with E-state index >= 15 is 0 Å². The normalized spacial score (nSPS) is 27.4. The lowest BCUT2D eigenvalue weighted by atomic mass is 9.76. The van der Waals surface area contributed by atoms with E-state index in [1.807, 2.05) is 0 Å². The maximum Gasteiger partial charge on any atom is 0.140 e. The first-order valence-corrected chi connectivity index (χ1v) is 3.59. The van der Waals surface area contributed by atoms with E-state index < -0.39 is 0 Å². The minimum absolute atomic E-state index is 0.645. The number of hydrogen-bond acceptors (Lipinski definition) is 1. The van der Waals surface area contributed by atoms with E-state index in [0.29, 0.717) is 6.04 Å². The van der Waals surface area contributed by atoms with Crippen molar-refractivity contribution in [2.24, 2.45) is 0 Å². The highest BCUT2D eigenvalue weighted by Crippen LogP contribution is 2.01. The van der Waals surface area contributed by atoms with Gasteiger partial charge in [0.15, 0.2) is 0 Å². The SMILES string of the molecule is CC(=P)C1CBCN1. The van der Waals surface area contributed by atoms with Gasteiger partial charge in [-0.25, -0.2) is 0 Å². The summed E-state index contributed by atoms with van der Waals surface area (Å²) >= 11 is 0. The summed E-state index contributed by atoms with van der Waals surface area (Å²) < 4.78 is 0. The van der Waals surface area contributed by atoms with Gasteiger partial charge >= 0.3 is 0 Å². The smallest absolute Gasteiger partial charge is 0.140 e. The molecule has 44 valence electrons. The van der Waals surface area contributed by atoms with Crippen molar-refractivity contribution in [2.45, 2.75) is 19.3 Å². The van der Waals surface area contributed by atoms with Crippen molar-refractivity contribution in [3.05, 3.63) is 0 Å². The molecule has 0 radical (unpaired) electrons. The fraction of sp³-hybridized carbons (Fsp3) is 0.800. The van der Waals surface area contributed by atoms with E-state index in [9.17, 15) is 0 Å². The van der Waals surface area contributed by atoms with Gasteiger partial charge in [0.2, 0.25) is 0 Å². The van der Waals surface area contributed by atoms with Crippen molar-refractivity contribution in [1.82, 2.24) is 5.32 Å². The molecule has 1 atom stereocenters. The van der Waals surface area contributed by atoms with Crippen LogP contribution in [0.3, 0.4) is 0 Å². The monoisotopic (exact) mass is 127 g/mol. The van der Waals surface area contributed by atoms with Crippen LogP contribution in [0.15, 0.2) is 0 Å². The third kappa shape index (κ3) is 1.33. The Kier molecular flexibility index (Phi) is 2.10. The van der Waals surface area contributed by atoms with Crippen LogP contribution in [-0.4, -0.2) is 25.1 Å². The van der Waals surface area contributed by atoms with Gasteiger partial charge in [-0.2, -0.15) is 0 Å². The molecule has 1 fully saturated rings. The molecule has 3 heteroatoms. The number of nitrogens with one attached hydrogen (secondary N) is 1. The molecule has 0 spiro atoms. The molecule has 1 saturated heterocycles. The van der Waals surface area contributed by atoms with Crippen molar-refractivity contribution in [2.75, 3.05) is 6.44 Å². The molecule has 0 aromatic heterocycles. The quantitative estimate of drug-likeness (QED) is 0.389. The summed E-state index contributed by atoms with van der Waals surface area (Å²) in [5.74, 6) is 0.